The summed E-state index contributed by atoms with van der Waals surface area (Å²) >= 11 is 1.19. The first-order chi connectivity index (χ1) is 14.8. The molecule has 3 rings (SSSR count). The maximum Gasteiger partial charge on any atom is 0.271 e. The number of nitrogens with one attached hydrogen (secondary N) is 1. The minimum atomic E-state index is -3.62. The van der Waals surface area contributed by atoms with Gasteiger partial charge in [0.15, 0.2) is 5.13 Å². The average Bonchev–Trinajstić information content (AvgIpc) is 3.15. The predicted molar refractivity (Wildman–Crippen MR) is 120 cm³/mol. The van der Waals surface area contributed by atoms with E-state index in [2.05, 4.69) is 10.3 Å². The Bertz CT molecular complexity index is 1210. The number of nitro groups is 1. The molecule has 31 heavy (non-hydrogen) atoms. The lowest BCUT2D eigenvalue weighted by atomic mass is 10.2. The number of anilines is 1. The fourth-order valence-electron chi connectivity index (χ4n) is 2.96. The van der Waals surface area contributed by atoms with Crippen LogP contribution in [0.3, 0.4) is 0 Å². The average molecular weight is 463 g/mol. The van der Waals surface area contributed by atoms with Gasteiger partial charge in [0, 0.05) is 30.8 Å². The van der Waals surface area contributed by atoms with Crippen LogP contribution in [0.1, 0.15) is 37.0 Å². The summed E-state index contributed by atoms with van der Waals surface area (Å²) in [7, 11) is -3.62. The maximum absolute atomic E-state index is 12.8. The second-order valence-electron chi connectivity index (χ2n) is 6.76. The second-order valence-corrected chi connectivity index (χ2v) is 9.73. The molecule has 11 heteroatoms. The molecular weight excluding hydrogens is 440 g/mol. The number of carbonyl (C=O) groups excluding carboxylic acids is 1. The Hall–Kier alpha value is -2.89. The normalized spacial score (nSPS) is 11.7. The number of carbonyl (C=O) groups is 1. The third kappa shape index (κ3) is 5.06. The van der Waals surface area contributed by atoms with Crippen molar-refractivity contribution in [2.75, 3.05) is 18.4 Å². The minimum Gasteiger partial charge on any atom is -0.298 e. The number of rotatable bonds is 9. The van der Waals surface area contributed by atoms with Crippen molar-refractivity contribution in [1.82, 2.24) is 9.29 Å². The standard InChI is InChI=1S/C20H22N4O5S2/c1-3-5-12-23(4-2)31(28,29)16-9-6-14(7-10-16)19(25)22-20-21-17-13-15(24(26)27)8-11-18(17)30-20/h6-11,13H,3-5,12H2,1-2H3,(H,21,22,25). The van der Waals surface area contributed by atoms with Crippen LogP contribution in [0.4, 0.5) is 10.8 Å². The lowest BCUT2D eigenvalue weighted by Crippen LogP contribution is -2.31. The van der Waals surface area contributed by atoms with Gasteiger partial charge < -0.3 is 0 Å². The maximum atomic E-state index is 12.8. The van der Waals surface area contributed by atoms with Crippen molar-refractivity contribution < 1.29 is 18.1 Å². The van der Waals surface area contributed by atoms with Crippen molar-refractivity contribution in [2.24, 2.45) is 0 Å². The van der Waals surface area contributed by atoms with Gasteiger partial charge in [-0.2, -0.15) is 4.31 Å². The van der Waals surface area contributed by atoms with Gasteiger partial charge in [0.25, 0.3) is 11.6 Å². The Morgan fingerprint density at radius 3 is 2.52 bits per heavy atom. The van der Waals surface area contributed by atoms with Crippen molar-refractivity contribution in [2.45, 2.75) is 31.6 Å². The zero-order chi connectivity index (χ0) is 22.6. The fourth-order valence-corrected chi connectivity index (χ4v) is 5.29. The van der Waals surface area contributed by atoms with E-state index in [1.54, 1.807) is 13.0 Å². The van der Waals surface area contributed by atoms with Crippen molar-refractivity contribution >= 4 is 48.3 Å². The largest absolute Gasteiger partial charge is 0.298 e. The highest BCUT2D eigenvalue weighted by atomic mass is 32.2. The first-order valence-electron chi connectivity index (χ1n) is 9.72. The van der Waals surface area contributed by atoms with Crippen LogP contribution in [0.15, 0.2) is 47.4 Å². The molecule has 0 spiro atoms. The lowest BCUT2D eigenvalue weighted by molar-refractivity contribution is -0.384. The van der Waals surface area contributed by atoms with Gasteiger partial charge in [0.2, 0.25) is 10.0 Å². The van der Waals surface area contributed by atoms with E-state index in [1.165, 1.54) is 52.0 Å². The Morgan fingerprint density at radius 1 is 1.19 bits per heavy atom. The molecule has 0 saturated heterocycles. The smallest absolute Gasteiger partial charge is 0.271 e. The summed E-state index contributed by atoms with van der Waals surface area (Å²) in [5.41, 5.74) is 0.621. The Kier molecular flexibility index (Phi) is 6.98. The highest BCUT2D eigenvalue weighted by Gasteiger charge is 2.23. The number of benzene rings is 2. The molecular formula is C20H22N4O5S2. The van der Waals surface area contributed by atoms with Crippen LogP contribution in [-0.2, 0) is 10.0 Å². The highest BCUT2D eigenvalue weighted by Crippen LogP contribution is 2.29. The molecule has 2 aromatic carbocycles. The summed E-state index contributed by atoms with van der Waals surface area (Å²) in [5, 5.41) is 13.8. The fraction of sp³-hybridized carbons (Fsp3) is 0.300. The van der Waals surface area contributed by atoms with E-state index in [-0.39, 0.29) is 16.1 Å². The summed E-state index contributed by atoms with van der Waals surface area (Å²) < 4.78 is 27.7. The van der Waals surface area contributed by atoms with E-state index in [1.807, 2.05) is 6.92 Å². The topological polar surface area (TPSA) is 123 Å². The van der Waals surface area contributed by atoms with Gasteiger partial charge in [-0.25, -0.2) is 13.4 Å². The number of non-ortho nitro benzene ring substituents is 1. The minimum absolute atomic E-state index is 0.0764. The molecule has 1 N–H and O–H groups in total. The monoisotopic (exact) mass is 462 g/mol. The van der Waals surface area contributed by atoms with Gasteiger partial charge in [-0.3, -0.25) is 20.2 Å². The molecule has 0 aliphatic carbocycles. The van der Waals surface area contributed by atoms with Crippen molar-refractivity contribution in [3.05, 3.63) is 58.1 Å². The Morgan fingerprint density at radius 2 is 1.90 bits per heavy atom. The Balaban J connectivity index is 1.76. The van der Waals surface area contributed by atoms with Crippen LogP contribution in [0.25, 0.3) is 10.2 Å². The van der Waals surface area contributed by atoms with Gasteiger partial charge in [-0.1, -0.05) is 31.6 Å². The van der Waals surface area contributed by atoms with Crippen LogP contribution < -0.4 is 5.32 Å². The molecule has 9 nitrogen and oxygen atoms in total. The molecule has 0 atom stereocenters. The first kappa shape index (κ1) is 22.8. The van der Waals surface area contributed by atoms with Crippen LogP contribution in [0, 0.1) is 10.1 Å². The zero-order valence-electron chi connectivity index (χ0n) is 17.1. The number of fused-ring (bicyclic) bond motifs is 1. The molecule has 0 fully saturated rings. The zero-order valence-corrected chi connectivity index (χ0v) is 18.7. The molecule has 1 heterocycles. The molecule has 0 radical (unpaired) electrons. The van der Waals surface area contributed by atoms with Crippen molar-refractivity contribution in [3.8, 4) is 0 Å². The van der Waals surface area contributed by atoms with E-state index >= 15 is 0 Å². The molecule has 1 amide bonds. The summed E-state index contributed by atoms with van der Waals surface area (Å²) in [4.78, 5) is 27.3. The molecule has 3 aromatic rings. The number of amides is 1. The second kappa shape index (κ2) is 9.50. The van der Waals surface area contributed by atoms with Crippen LogP contribution in [-0.4, -0.2) is 41.6 Å². The number of sulfonamides is 1. The predicted octanol–water partition coefficient (Wildman–Crippen LogP) is 4.27. The summed E-state index contributed by atoms with van der Waals surface area (Å²) in [6.45, 7) is 4.62. The summed E-state index contributed by atoms with van der Waals surface area (Å²) in [5.74, 6) is -0.448. The van der Waals surface area contributed by atoms with Crippen molar-refractivity contribution in [3.63, 3.8) is 0 Å². The van der Waals surface area contributed by atoms with Crippen LogP contribution >= 0.6 is 11.3 Å². The molecule has 0 bridgehead atoms. The van der Waals surface area contributed by atoms with E-state index < -0.39 is 20.9 Å². The number of nitro benzene ring substituents is 1. The van der Waals surface area contributed by atoms with E-state index in [0.717, 1.165) is 12.8 Å². The lowest BCUT2D eigenvalue weighted by Gasteiger charge is -2.20. The summed E-state index contributed by atoms with van der Waals surface area (Å²) in [6, 6.07) is 10.0. The number of unbranched alkanes of at least 4 members (excludes halogenated alkanes) is 1. The first-order valence-corrected chi connectivity index (χ1v) is 12.0. The molecule has 0 aliphatic heterocycles. The molecule has 164 valence electrons. The van der Waals surface area contributed by atoms with Gasteiger partial charge in [0.05, 0.1) is 20.0 Å². The number of aromatic nitrogens is 1. The molecule has 0 saturated carbocycles. The van der Waals surface area contributed by atoms with Gasteiger partial charge >= 0.3 is 0 Å². The van der Waals surface area contributed by atoms with E-state index in [0.29, 0.717) is 28.4 Å². The third-order valence-electron chi connectivity index (χ3n) is 4.67. The number of hydrogen-bond acceptors (Lipinski definition) is 7. The van der Waals surface area contributed by atoms with E-state index in [4.69, 9.17) is 0 Å². The number of thiazole rings is 1. The number of nitrogens with zero attached hydrogens (tertiary/aromatic N) is 3. The number of hydrogen-bond donors (Lipinski definition) is 1. The van der Waals surface area contributed by atoms with Crippen LogP contribution in [0.2, 0.25) is 0 Å². The van der Waals surface area contributed by atoms with Crippen molar-refractivity contribution in [1.29, 1.82) is 0 Å². The highest BCUT2D eigenvalue weighted by molar-refractivity contribution is 7.89. The third-order valence-corrected chi connectivity index (χ3v) is 7.61. The Labute approximate surface area is 183 Å². The van der Waals surface area contributed by atoms with E-state index in [9.17, 15) is 23.3 Å². The van der Waals surface area contributed by atoms with Gasteiger partial charge in [0.1, 0.15) is 0 Å². The van der Waals surface area contributed by atoms with Crippen LogP contribution in [0.5, 0.6) is 0 Å². The molecule has 0 unspecified atom stereocenters. The molecule has 0 aliphatic rings. The quantitative estimate of drug-likeness (QED) is 0.374. The van der Waals surface area contributed by atoms with Gasteiger partial charge in [-0.15, -0.1) is 0 Å². The summed E-state index contributed by atoms with van der Waals surface area (Å²) in [6.07, 6.45) is 1.67. The van der Waals surface area contributed by atoms with Gasteiger partial charge in [-0.05, 0) is 36.8 Å². The molecule has 1 aromatic heterocycles. The SMILES string of the molecule is CCCCN(CC)S(=O)(=O)c1ccc(C(=O)Nc2nc3cc([N+](=O)[O-])ccc3s2)cc1.